The fourth-order valence-electron chi connectivity index (χ4n) is 6.12. The Labute approximate surface area is 297 Å². The second kappa shape index (κ2) is 18.0. The highest BCUT2D eigenvalue weighted by atomic mass is 32.2. The van der Waals surface area contributed by atoms with Gasteiger partial charge in [-0.15, -0.1) is 0 Å². The molecule has 1 aromatic heterocycles. The summed E-state index contributed by atoms with van der Waals surface area (Å²) in [4.78, 5) is 20.4. The summed E-state index contributed by atoms with van der Waals surface area (Å²) in [5.74, 6) is 0.482. The zero-order chi connectivity index (χ0) is 35.3. The summed E-state index contributed by atoms with van der Waals surface area (Å²) >= 11 is 0. The van der Waals surface area contributed by atoms with Gasteiger partial charge in [-0.3, -0.25) is 4.79 Å². The van der Waals surface area contributed by atoms with Crippen LogP contribution < -0.4 is 15.0 Å². The summed E-state index contributed by atoms with van der Waals surface area (Å²) in [6.45, 7) is 10.7. The molecular formula is C40H50N4O5S. The molecule has 1 N–H and O–H groups in total. The number of hydrogen-bond donors (Lipinski definition) is 1. The summed E-state index contributed by atoms with van der Waals surface area (Å²) in [5, 5.41) is 3.01. The highest BCUT2D eigenvalue weighted by Crippen LogP contribution is 2.33. The lowest BCUT2D eigenvalue weighted by molar-refractivity contribution is -0.112. The van der Waals surface area contributed by atoms with E-state index in [1.807, 2.05) is 29.7 Å². The van der Waals surface area contributed by atoms with E-state index in [1.54, 1.807) is 36.8 Å². The van der Waals surface area contributed by atoms with E-state index in [1.165, 1.54) is 0 Å². The molecule has 5 rings (SSSR count). The van der Waals surface area contributed by atoms with Crippen LogP contribution in [0.15, 0.2) is 89.7 Å². The van der Waals surface area contributed by atoms with Crippen molar-refractivity contribution in [1.29, 1.82) is 0 Å². The first-order valence-electron chi connectivity index (χ1n) is 17.8. The van der Waals surface area contributed by atoms with Crippen molar-refractivity contribution >= 4 is 33.2 Å². The molecule has 1 aliphatic heterocycles. The van der Waals surface area contributed by atoms with Crippen molar-refractivity contribution in [2.24, 2.45) is 0 Å². The minimum Gasteiger partial charge on any atom is -0.491 e. The van der Waals surface area contributed by atoms with Crippen molar-refractivity contribution in [2.75, 3.05) is 43.1 Å². The van der Waals surface area contributed by atoms with E-state index in [2.05, 4.69) is 59.4 Å². The van der Waals surface area contributed by atoms with E-state index in [9.17, 15) is 13.2 Å². The number of rotatable bonds is 17. The lowest BCUT2D eigenvalue weighted by Gasteiger charge is -2.29. The summed E-state index contributed by atoms with van der Waals surface area (Å²) in [7, 11) is -3.58. The molecule has 0 aliphatic carbocycles. The average Bonchev–Trinajstić information content (AvgIpc) is 3.54. The Balaban J connectivity index is 1.30. The van der Waals surface area contributed by atoms with Crippen LogP contribution in [0.4, 0.5) is 11.4 Å². The number of benzene rings is 3. The van der Waals surface area contributed by atoms with Gasteiger partial charge in [-0.2, -0.15) is 0 Å². The average molecular weight is 699 g/mol. The molecule has 0 bridgehead atoms. The molecule has 2 heterocycles. The third-order valence-electron chi connectivity index (χ3n) is 8.76. The van der Waals surface area contributed by atoms with Gasteiger partial charge >= 0.3 is 0 Å². The second-order valence-corrected chi connectivity index (χ2v) is 14.7. The molecule has 0 atom stereocenters. The van der Waals surface area contributed by atoms with Gasteiger partial charge in [-0.25, -0.2) is 13.4 Å². The fourth-order valence-corrected chi connectivity index (χ4v) is 7.46. The SMILES string of the molecule is CCCCOCCOc1ccc(-c2ccc3c(c2)/C=C(/C(=O)Nc2ccc(S(=O)(=O)Cc4cncn4CCC)cc2)CCCN3CCC)cc1. The van der Waals surface area contributed by atoms with Crippen LogP contribution in [-0.2, 0) is 31.7 Å². The third kappa shape index (κ3) is 9.85. The summed E-state index contributed by atoms with van der Waals surface area (Å²) in [5.41, 5.74) is 6.11. The van der Waals surface area contributed by atoms with Crippen LogP contribution in [0.2, 0.25) is 0 Å². The predicted molar refractivity (Wildman–Crippen MR) is 201 cm³/mol. The summed E-state index contributed by atoms with van der Waals surface area (Å²) in [6, 6.07) is 20.9. The van der Waals surface area contributed by atoms with Crippen molar-refractivity contribution in [1.82, 2.24) is 9.55 Å². The number of aromatic nitrogens is 2. The van der Waals surface area contributed by atoms with Gasteiger partial charge in [0.25, 0.3) is 5.91 Å². The van der Waals surface area contributed by atoms with Crippen molar-refractivity contribution in [3.63, 3.8) is 0 Å². The molecule has 0 fully saturated rings. The van der Waals surface area contributed by atoms with Crippen LogP contribution in [0.3, 0.4) is 0 Å². The number of carbonyl (C=O) groups is 1. The first-order valence-corrected chi connectivity index (χ1v) is 19.5. The maximum absolute atomic E-state index is 13.7. The number of fused-ring (bicyclic) bond motifs is 1. The molecule has 0 unspecified atom stereocenters. The quantitative estimate of drug-likeness (QED) is 0.111. The highest BCUT2D eigenvalue weighted by molar-refractivity contribution is 7.90. The second-order valence-electron chi connectivity index (χ2n) is 12.7. The van der Waals surface area contributed by atoms with Crippen LogP contribution in [0, 0.1) is 0 Å². The zero-order valence-electron chi connectivity index (χ0n) is 29.6. The number of anilines is 2. The fraction of sp³-hybridized carbons (Fsp3) is 0.400. The van der Waals surface area contributed by atoms with Crippen LogP contribution in [0.1, 0.15) is 70.6 Å². The van der Waals surface area contributed by atoms with E-state index in [0.29, 0.717) is 43.1 Å². The number of carbonyl (C=O) groups excluding carboxylic acids is 1. The van der Waals surface area contributed by atoms with E-state index in [0.717, 1.165) is 79.9 Å². The number of sulfone groups is 1. The number of aryl methyl sites for hydroxylation is 1. The molecule has 0 saturated carbocycles. The minimum atomic E-state index is -3.58. The van der Waals surface area contributed by atoms with Gasteiger partial charge in [0.15, 0.2) is 9.84 Å². The smallest absolute Gasteiger partial charge is 0.251 e. The minimum absolute atomic E-state index is 0.130. The van der Waals surface area contributed by atoms with Gasteiger partial charge in [-0.1, -0.05) is 45.4 Å². The first kappa shape index (κ1) is 36.9. The Kier molecular flexibility index (Phi) is 13.3. The number of nitrogens with one attached hydrogen (secondary N) is 1. The van der Waals surface area contributed by atoms with Crippen molar-refractivity contribution in [2.45, 2.75) is 76.5 Å². The van der Waals surface area contributed by atoms with E-state index in [4.69, 9.17) is 9.47 Å². The number of amides is 1. The number of nitrogens with zero attached hydrogens (tertiary/aromatic N) is 3. The van der Waals surface area contributed by atoms with Gasteiger partial charge in [-0.05, 0) is 103 Å². The van der Waals surface area contributed by atoms with E-state index >= 15 is 0 Å². The third-order valence-corrected chi connectivity index (χ3v) is 10.4. The molecule has 266 valence electrons. The molecule has 10 heteroatoms. The van der Waals surface area contributed by atoms with Gasteiger partial charge in [0.1, 0.15) is 12.4 Å². The number of unbranched alkanes of at least 4 members (excludes halogenated alkanes) is 1. The summed E-state index contributed by atoms with van der Waals surface area (Å²) < 4.78 is 39.7. The Morgan fingerprint density at radius 2 is 1.64 bits per heavy atom. The molecule has 0 radical (unpaired) electrons. The Bertz CT molecular complexity index is 1830. The molecule has 0 saturated heterocycles. The molecule has 0 spiro atoms. The number of ether oxygens (including phenoxy) is 2. The van der Waals surface area contributed by atoms with Gasteiger partial charge in [0, 0.05) is 49.4 Å². The Hall–Kier alpha value is -4.41. The van der Waals surface area contributed by atoms with Crippen molar-refractivity contribution < 1.29 is 22.7 Å². The standard InChI is InChI=1S/C40H50N4O5S/c1-4-7-23-48-24-25-49-37-15-10-31(11-16-37)32-12-19-39-34(26-32)27-33(9-8-22-43(39)20-5-2)40(45)42-35-13-17-38(18-14-35)50(46,47)29-36-28-41-30-44(36)21-6-3/h10-19,26-28,30H,4-9,20-25,29H2,1-3H3,(H,42,45)/b33-27+. The lowest BCUT2D eigenvalue weighted by Crippen LogP contribution is -2.28. The normalized spacial score (nSPS) is 14.3. The number of hydrogen-bond acceptors (Lipinski definition) is 7. The van der Waals surface area contributed by atoms with Crippen molar-refractivity contribution in [3.05, 3.63) is 96.1 Å². The van der Waals surface area contributed by atoms with Crippen LogP contribution in [-0.4, -0.2) is 56.8 Å². The Morgan fingerprint density at radius 3 is 2.38 bits per heavy atom. The maximum atomic E-state index is 13.7. The first-order chi connectivity index (χ1) is 24.3. The van der Waals surface area contributed by atoms with Crippen LogP contribution >= 0.6 is 0 Å². The summed E-state index contributed by atoms with van der Waals surface area (Å²) in [6.07, 6.45) is 10.8. The van der Waals surface area contributed by atoms with Gasteiger partial charge < -0.3 is 24.3 Å². The Morgan fingerprint density at radius 1 is 0.880 bits per heavy atom. The maximum Gasteiger partial charge on any atom is 0.251 e. The van der Waals surface area contributed by atoms with Crippen LogP contribution in [0.5, 0.6) is 5.75 Å². The highest BCUT2D eigenvalue weighted by Gasteiger charge is 2.20. The van der Waals surface area contributed by atoms with Gasteiger partial charge in [0.05, 0.1) is 29.3 Å². The zero-order valence-corrected chi connectivity index (χ0v) is 30.4. The molecule has 9 nitrogen and oxygen atoms in total. The molecule has 4 aromatic rings. The predicted octanol–water partition coefficient (Wildman–Crippen LogP) is 8.16. The molecule has 1 aliphatic rings. The van der Waals surface area contributed by atoms with Crippen molar-refractivity contribution in [3.8, 4) is 16.9 Å². The molecule has 1 amide bonds. The van der Waals surface area contributed by atoms with Gasteiger partial charge in [0.2, 0.25) is 0 Å². The molecule has 3 aromatic carbocycles. The molecule has 50 heavy (non-hydrogen) atoms. The monoisotopic (exact) mass is 698 g/mol. The topological polar surface area (TPSA) is 103 Å². The largest absolute Gasteiger partial charge is 0.491 e. The van der Waals surface area contributed by atoms with Crippen LogP contribution in [0.25, 0.3) is 17.2 Å². The van der Waals surface area contributed by atoms with E-state index in [-0.39, 0.29) is 16.6 Å². The van der Waals surface area contributed by atoms with E-state index < -0.39 is 9.84 Å². The lowest BCUT2D eigenvalue weighted by atomic mass is 9.96. The number of imidazole rings is 1. The molecular weight excluding hydrogens is 649 g/mol.